The van der Waals surface area contributed by atoms with Crippen LogP contribution in [-0.4, -0.2) is 12.7 Å². The normalized spacial score (nSPS) is 13.1. The maximum Gasteiger partial charge on any atom is 0.404 e. The highest BCUT2D eigenvalue weighted by molar-refractivity contribution is 5.64. The molecule has 1 rings (SSSR count). The van der Waals surface area contributed by atoms with Crippen molar-refractivity contribution in [1.29, 1.82) is 0 Å². The van der Waals surface area contributed by atoms with E-state index in [2.05, 4.69) is 20.8 Å². The van der Waals surface area contributed by atoms with Gasteiger partial charge < -0.3 is 16.2 Å². The Morgan fingerprint density at radius 1 is 1.29 bits per heavy atom. The SMILES string of the molecule is CC(C)(C)C(COC(N)=O)c1ccc(N)cc1. The first-order valence-electron chi connectivity index (χ1n) is 5.58. The molecule has 4 N–H and O–H groups in total. The Kier molecular flexibility index (Phi) is 3.99. The molecule has 1 aromatic rings. The van der Waals surface area contributed by atoms with Crippen molar-refractivity contribution in [3.63, 3.8) is 0 Å². The fraction of sp³-hybridized carbons (Fsp3) is 0.462. The number of rotatable bonds is 3. The molecule has 0 saturated carbocycles. The third-order valence-electron chi connectivity index (χ3n) is 2.78. The summed E-state index contributed by atoms with van der Waals surface area (Å²) < 4.78 is 4.92. The predicted octanol–water partition coefficient (Wildman–Crippen LogP) is 2.49. The molecule has 0 aliphatic heterocycles. The van der Waals surface area contributed by atoms with Gasteiger partial charge >= 0.3 is 6.09 Å². The molecule has 0 aliphatic rings. The molecule has 0 bridgehead atoms. The fourth-order valence-electron chi connectivity index (χ4n) is 1.74. The van der Waals surface area contributed by atoms with Crippen molar-refractivity contribution in [2.24, 2.45) is 11.1 Å². The molecular weight excluding hydrogens is 216 g/mol. The quantitative estimate of drug-likeness (QED) is 0.791. The first-order chi connectivity index (χ1) is 7.80. The van der Waals surface area contributed by atoms with Crippen LogP contribution in [0.3, 0.4) is 0 Å². The molecule has 17 heavy (non-hydrogen) atoms. The van der Waals surface area contributed by atoms with Crippen molar-refractivity contribution in [3.8, 4) is 0 Å². The lowest BCUT2D eigenvalue weighted by atomic mass is 9.77. The lowest BCUT2D eigenvalue weighted by Crippen LogP contribution is -2.26. The molecule has 0 radical (unpaired) electrons. The van der Waals surface area contributed by atoms with Crippen LogP contribution >= 0.6 is 0 Å². The number of carbonyl (C=O) groups is 1. The first kappa shape index (κ1) is 13.4. The van der Waals surface area contributed by atoms with Gasteiger partial charge in [-0.15, -0.1) is 0 Å². The van der Waals surface area contributed by atoms with Gasteiger partial charge in [-0.1, -0.05) is 32.9 Å². The van der Waals surface area contributed by atoms with Gasteiger partial charge in [-0.2, -0.15) is 0 Å². The number of hydrogen-bond donors (Lipinski definition) is 2. The van der Waals surface area contributed by atoms with Crippen LogP contribution in [0.2, 0.25) is 0 Å². The van der Waals surface area contributed by atoms with Gasteiger partial charge in [0, 0.05) is 11.6 Å². The van der Waals surface area contributed by atoms with Gasteiger partial charge in [0.2, 0.25) is 0 Å². The molecule has 0 fully saturated rings. The van der Waals surface area contributed by atoms with Crippen LogP contribution in [0.1, 0.15) is 32.3 Å². The molecule has 1 aromatic carbocycles. The maximum atomic E-state index is 10.7. The third kappa shape index (κ3) is 3.98. The Hall–Kier alpha value is -1.71. The average molecular weight is 236 g/mol. The summed E-state index contributed by atoms with van der Waals surface area (Å²) in [6.07, 6.45) is -0.741. The van der Waals surface area contributed by atoms with E-state index >= 15 is 0 Å². The Morgan fingerprint density at radius 2 is 1.82 bits per heavy atom. The second-order valence-corrected chi connectivity index (χ2v) is 5.22. The number of anilines is 1. The summed E-state index contributed by atoms with van der Waals surface area (Å²) in [7, 11) is 0. The number of carbonyl (C=O) groups excluding carboxylic acids is 1. The summed E-state index contributed by atoms with van der Waals surface area (Å²) >= 11 is 0. The average Bonchev–Trinajstić information content (AvgIpc) is 2.18. The van der Waals surface area contributed by atoms with Crippen molar-refractivity contribution in [1.82, 2.24) is 0 Å². The number of hydrogen-bond acceptors (Lipinski definition) is 3. The van der Waals surface area contributed by atoms with Gasteiger partial charge in [-0.25, -0.2) is 4.79 Å². The fourth-order valence-corrected chi connectivity index (χ4v) is 1.74. The van der Waals surface area contributed by atoms with Crippen LogP contribution in [0.5, 0.6) is 0 Å². The van der Waals surface area contributed by atoms with E-state index in [9.17, 15) is 4.79 Å². The molecule has 94 valence electrons. The number of nitrogens with two attached hydrogens (primary N) is 2. The van der Waals surface area contributed by atoms with E-state index in [1.807, 2.05) is 24.3 Å². The van der Waals surface area contributed by atoms with Gasteiger partial charge in [0.1, 0.15) is 6.61 Å². The van der Waals surface area contributed by atoms with Crippen molar-refractivity contribution in [2.75, 3.05) is 12.3 Å². The topological polar surface area (TPSA) is 78.3 Å². The highest BCUT2D eigenvalue weighted by atomic mass is 16.5. The summed E-state index contributed by atoms with van der Waals surface area (Å²) in [5.41, 5.74) is 12.4. The van der Waals surface area contributed by atoms with Crippen LogP contribution < -0.4 is 11.5 Å². The standard InChI is InChI=1S/C13H20N2O2/c1-13(2,3)11(8-17-12(15)16)9-4-6-10(14)7-5-9/h4-7,11H,8,14H2,1-3H3,(H2,15,16). The molecule has 1 unspecified atom stereocenters. The zero-order chi connectivity index (χ0) is 13.1. The molecule has 0 saturated heterocycles. The Bertz CT molecular complexity index is 379. The van der Waals surface area contributed by atoms with Crippen molar-refractivity contribution in [3.05, 3.63) is 29.8 Å². The molecule has 1 atom stereocenters. The van der Waals surface area contributed by atoms with Crippen molar-refractivity contribution in [2.45, 2.75) is 26.7 Å². The number of benzene rings is 1. The Morgan fingerprint density at radius 3 is 2.24 bits per heavy atom. The van der Waals surface area contributed by atoms with E-state index in [0.29, 0.717) is 0 Å². The summed E-state index contributed by atoms with van der Waals surface area (Å²) in [6.45, 7) is 6.57. The van der Waals surface area contributed by atoms with Crippen LogP contribution in [0, 0.1) is 5.41 Å². The van der Waals surface area contributed by atoms with E-state index in [4.69, 9.17) is 16.2 Å². The summed E-state index contributed by atoms with van der Waals surface area (Å²) in [4.78, 5) is 10.7. The van der Waals surface area contributed by atoms with Crippen molar-refractivity contribution >= 4 is 11.8 Å². The van der Waals surface area contributed by atoms with Crippen LogP contribution in [0.4, 0.5) is 10.5 Å². The molecule has 1 amide bonds. The van der Waals surface area contributed by atoms with E-state index < -0.39 is 6.09 Å². The third-order valence-corrected chi connectivity index (χ3v) is 2.78. The summed E-state index contributed by atoms with van der Waals surface area (Å²) in [5.74, 6) is 0.0931. The molecule has 0 spiro atoms. The van der Waals surface area contributed by atoms with Crippen molar-refractivity contribution < 1.29 is 9.53 Å². The zero-order valence-corrected chi connectivity index (χ0v) is 10.6. The largest absolute Gasteiger partial charge is 0.449 e. The van der Waals surface area contributed by atoms with Crippen LogP contribution in [0.25, 0.3) is 0 Å². The highest BCUT2D eigenvalue weighted by Gasteiger charge is 2.27. The van der Waals surface area contributed by atoms with Gasteiger partial charge in [0.05, 0.1) is 0 Å². The van der Waals surface area contributed by atoms with E-state index in [1.165, 1.54) is 0 Å². The second-order valence-electron chi connectivity index (χ2n) is 5.22. The molecule has 0 aliphatic carbocycles. The van der Waals surface area contributed by atoms with Gasteiger partial charge in [-0.3, -0.25) is 0 Å². The minimum Gasteiger partial charge on any atom is -0.449 e. The van der Waals surface area contributed by atoms with E-state index in [0.717, 1.165) is 11.3 Å². The molecule has 0 heterocycles. The second kappa shape index (κ2) is 5.08. The Labute approximate surface area is 102 Å². The van der Waals surface area contributed by atoms with Crippen LogP contribution in [0.15, 0.2) is 24.3 Å². The maximum absolute atomic E-state index is 10.7. The minimum atomic E-state index is -0.741. The van der Waals surface area contributed by atoms with Gasteiger partial charge in [0.15, 0.2) is 0 Å². The predicted molar refractivity (Wildman–Crippen MR) is 68.6 cm³/mol. The zero-order valence-electron chi connectivity index (χ0n) is 10.6. The monoisotopic (exact) mass is 236 g/mol. The smallest absolute Gasteiger partial charge is 0.404 e. The number of amides is 1. The van der Waals surface area contributed by atoms with Gasteiger partial charge in [-0.05, 0) is 23.1 Å². The van der Waals surface area contributed by atoms with E-state index in [1.54, 1.807) is 0 Å². The highest BCUT2D eigenvalue weighted by Crippen LogP contribution is 2.35. The van der Waals surface area contributed by atoms with E-state index in [-0.39, 0.29) is 17.9 Å². The Balaban J connectivity index is 2.90. The molecule has 4 heteroatoms. The molecule has 4 nitrogen and oxygen atoms in total. The summed E-state index contributed by atoms with van der Waals surface area (Å²) in [6, 6.07) is 7.60. The lowest BCUT2D eigenvalue weighted by Gasteiger charge is -2.30. The number of ether oxygens (including phenoxy) is 1. The summed E-state index contributed by atoms with van der Waals surface area (Å²) in [5, 5.41) is 0. The number of primary amides is 1. The van der Waals surface area contributed by atoms with Crippen LogP contribution in [-0.2, 0) is 4.74 Å². The minimum absolute atomic E-state index is 0.0223. The molecule has 0 aromatic heterocycles. The van der Waals surface area contributed by atoms with Gasteiger partial charge in [0.25, 0.3) is 0 Å². The lowest BCUT2D eigenvalue weighted by molar-refractivity contribution is 0.126. The first-order valence-corrected chi connectivity index (χ1v) is 5.58. The molecular formula is C13H20N2O2. The number of nitrogen functional groups attached to an aromatic ring is 1.